The van der Waals surface area contributed by atoms with Crippen LogP contribution >= 0.6 is 15.9 Å². The van der Waals surface area contributed by atoms with E-state index in [1.807, 2.05) is 30.3 Å². The predicted molar refractivity (Wildman–Crippen MR) is 79.2 cm³/mol. The Bertz CT molecular complexity index is 505. The van der Waals surface area contributed by atoms with Gasteiger partial charge in [-0.1, -0.05) is 29.8 Å². The Hall–Kier alpha value is -1.26. The average Bonchev–Trinajstić information content (AvgIpc) is 2.83. The van der Waals surface area contributed by atoms with Gasteiger partial charge in [0.2, 0.25) is 0 Å². The van der Waals surface area contributed by atoms with Gasteiger partial charge >= 0.3 is 0 Å². The third kappa shape index (κ3) is 4.40. The summed E-state index contributed by atoms with van der Waals surface area (Å²) < 4.78 is 12.2. The second kappa shape index (κ2) is 6.78. The molecule has 0 unspecified atom stereocenters. The molecular formula is C15H18BrNO2. The molecule has 1 aromatic carbocycles. The first-order chi connectivity index (χ1) is 9.15. The van der Waals surface area contributed by atoms with Gasteiger partial charge in [-0.05, 0) is 30.3 Å². The zero-order chi connectivity index (χ0) is 13.7. The lowest BCUT2D eigenvalue weighted by Crippen LogP contribution is -2.22. The number of hydrogen-bond acceptors (Lipinski definition) is 3. The number of ether oxygens (including phenoxy) is 1. The highest BCUT2D eigenvalue weighted by Crippen LogP contribution is 2.19. The maximum Gasteiger partial charge on any atom is 0.146 e. The fraction of sp³-hybridized carbons (Fsp3) is 0.333. The smallest absolute Gasteiger partial charge is 0.146 e. The molecule has 2 aromatic rings. The lowest BCUT2D eigenvalue weighted by Gasteiger charge is -2.09. The quantitative estimate of drug-likeness (QED) is 0.868. The molecule has 4 heteroatoms. The van der Waals surface area contributed by atoms with E-state index >= 15 is 0 Å². The Labute approximate surface area is 122 Å². The molecule has 0 aliphatic rings. The van der Waals surface area contributed by atoms with Crippen LogP contribution in [0, 0.1) is 0 Å². The Kier molecular flexibility index (Phi) is 5.05. The van der Waals surface area contributed by atoms with Crippen molar-refractivity contribution in [2.75, 3.05) is 0 Å². The minimum absolute atomic E-state index is 0.448. The molecule has 0 saturated carbocycles. The van der Waals surface area contributed by atoms with Crippen molar-refractivity contribution in [3.63, 3.8) is 0 Å². The second-order valence-electron chi connectivity index (χ2n) is 4.65. The Morgan fingerprint density at radius 3 is 2.63 bits per heavy atom. The summed E-state index contributed by atoms with van der Waals surface area (Å²) in [6.07, 6.45) is 1.71. The van der Waals surface area contributed by atoms with Crippen molar-refractivity contribution in [1.82, 2.24) is 5.32 Å². The van der Waals surface area contributed by atoms with Gasteiger partial charge in [-0.15, -0.1) is 0 Å². The van der Waals surface area contributed by atoms with Crippen molar-refractivity contribution in [1.29, 1.82) is 0 Å². The van der Waals surface area contributed by atoms with Gasteiger partial charge in [0.15, 0.2) is 0 Å². The molecule has 3 nitrogen and oxygen atoms in total. The van der Waals surface area contributed by atoms with Crippen LogP contribution in [-0.4, -0.2) is 6.04 Å². The van der Waals surface area contributed by atoms with Gasteiger partial charge in [-0.25, -0.2) is 0 Å². The van der Waals surface area contributed by atoms with E-state index in [0.29, 0.717) is 12.6 Å². The van der Waals surface area contributed by atoms with E-state index in [9.17, 15) is 0 Å². The predicted octanol–water partition coefficient (Wildman–Crippen LogP) is 4.12. The third-order valence-electron chi connectivity index (χ3n) is 2.72. The van der Waals surface area contributed by atoms with Crippen LogP contribution in [-0.2, 0) is 13.2 Å². The van der Waals surface area contributed by atoms with Crippen LogP contribution in [0.3, 0.4) is 0 Å². The van der Waals surface area contributed by atoms with Crippen molar-refractivity contribution in [3.8, 4) is 5.75 Å². The van der Waals surface area contributed by atoms with Crippen LogP contribution in [0.5, 0.6) is 5.75 Å². The second-order valence-corrected chi connectivity index (χ2v) is 5.56. The van der Waals surface area contributed by atoms with Crippen LogP contribution in [0.4, 0.5) is 0 Å². The van der Waals surface area contributed by atoms with Crippen molar-refractivity contribution in [3.05, 3.63) is 52.4 Å². The molecular weight excluding hydrogens is 306 g/mol. The fourth-order valence-electron chi connectivity index (χ4n) is 1.64. The number of hydrogen-bond donors (Lipinski definition) is 1. The summed E-state index contributed by atoms with van der Waals surface area (Å²) in [7, 11) is 0. The molecule has 1 aromatic heterocycles. The highest BCUT2D eigenvalue weighted by atomic mass is 79.9. The Morgan fingerprint density at radius 2 is 1.95 bits per heavy atom. The topological polar surface area (TPSA) is 34.4 Å². The number of nitrogens with one attached hydrogen (secondary N) is 1. The molecule has 0 aliphatic heterocycles. The van der Waals surface area contributed by atoms with Crippen molar-refractivity contribution < 1.29 is 9.15 Å². The fourth-order valence-corrected chi connectivity index (χ4v) is 1.91. The molecule has 0 amide bonds. The summed E-state index contributed by atoms with van der Waals surface area (Å²) in [6.45, 7) is 5.49. The van der Waals surface area contributed by atoms with E-state index < -0.39 is 0 Å². The zero-order valence-electron chi connectivity index (χ0n) is 11.2. The van der Waals surface area contributed by atoms with Gasteiger partial charge in [0.05, 0.1) is 6.26 Å². The highest BCUT2D eigenvalue weighted by molar-refractivity contribution is 9.10. The molecule has 0 bridgehead atoms. The molecule has 0 aliphatic carbocycles. The van der Waals surface area contributed by atoms with Crippen LogP contribution in [0.1, 0.15) is 25.2 Å². The molecule has 0 atom stereocenters. The molecule has 1 N–H and O–H groups in total. The lowest BCUT2D eigenvalue weighted by molar-refractivity contribution is 0.268. The van der Waals surface area contributed by atoms with Gasteiger partial charge in [-0.2, -0.15) is 0 Å². The SMILES string of the molecule is CC(C)NCc1ccoc1COc1ccc(Br)cc1. The van der Waals surface area contributed by atoms with Crippen LogP contribution < -0.4 is 10.1 Å². The van der Waals surface area contributed by atoms with Crippen molar-refractivity contribution in [2.24, 2.45) is 0 Å². The van der Waals surface area contributed by atoms with Crippen LogP contribution in [0.25, 0.3) is 0 Å². The summed E-state index contributed by atoms with van der Waals surface area (Å²) in [5.74, 6) is 1.71. The van der Waals surface area contributed by atoms with E-state index in [1.165, 1.54) is 0 Å². The summed E-state index contributed by atoms with van der Waals surface area (Å²) in [5, 5.41) is 3.37. The first-order valence-corrected chi connectivity index (χ1v) is 7.11. The van der Waals surface area contributed by atoms with Gasteiger partial charge in [0.25, 0.3) is 0 Å². The molecule has 2 rings (SSSR count). The zero-order valence-corrected chi connectivity index (χ0v) is 12.7. The van der Waals surface area contributed by atoms with Crippen LogP contribution in [0.2, 0.25) is 0 Å². The third-order valence-corrected chi connectivity index (χ3v) is 3.25. The number of rotatable bonds is 6. The van der Waals surface area contributed by atoms with E-state index in [0.717, 1.165) is 28.1 Å². The highest BCUT2D eigenvalue weighted by Gasteiger charge is 2.07. The molecule has 0 fully saturated rings. The molecule has 0 saturated heterocycles. The standard InChI is InChI=1S/C15H18BrNO2/c1-11(2)17-9-12-7-8-18-15(12)10-19-14-5-3-13(16)4-6-14/h3-8,11,17H,9-10H2,1-2H3. The normalized spacial score (nSPS) is 10.9. The number of furan rings is 1. The maximum atomic E-state index is 5.71. The van der Waals surface area contributed by atoms with E-state index in [-0.39, 0.29) is 0 Å². The van der Waals surface area contributed by atoms with Crippen molar-refractivity contribution >= 4 is 15.9 Å². The molecule has 0 radical (unpaired) electrons. The average molecular weight is 324 g/mol. The molecule has 1 heterocycles. The summed E-state index contributed by atoms with van der Waals surface area (Å²) in [6, 6.07) is 10.2. The summed E-state index contributed by atoms with van der Waals surface area (Å²) in [4.78, 5) is 0. The van der Waals surface area contributed by atoms with E-state index in [4.69, 9.17) is 9.15 Å². The number of benzene rings is 1. The van der Waals surface area contributed by atoms with Gasteiger partial charge in [0, 0.05) is 22.6 Å². The minimum Gasteiger partial charge on any atom is -0.486 e. The maximum absolute atomic E-state index is 5.71. The summed E-state index contributed by atoms with van der Waals surface area (Å²) >= 11 is 3.40. The first-order valence-electron chi connectivity index (χ1n) is 6.32. The number of halogens is 1. The first kappa shape index (κ1) is 14.2. The molecule has 102 valence electrons. The lowest BCUT2D eigenvalue weighted by atomic mass is 10.2. The van der Waals surface area contributed by atoms with Gasteiger partial charge in [0.1, 0.15) is 18.1 Å². The van der Waals surface area contributed by atoms with E-state index in [2.05, 4.69) is 35.1 Å². The Balaban J connectivity index is 1.92. The largest absolute Gasteiger partial charge is 0.486 e. The van der Waals surface area contributed by atoms with Gasteiger partial charge < -0.3 is 14.5 Å². The van der Waals surface area contributed by atoms with Gasteiger partial charge in [-0.3, -0.25) is 0 Å². The molecule has 0 spiro atoms. The Morgan fingerprint density at radius 1 is 1.21 bits per heavy atom. The van der Waals surface area contributed by atoms with E-state index in [1.54, 1.807) is 6.26 Å². The molecule has 19 heavy (non-hydrogen) atoms. The van der Waals surface area contributed by atoms with Crippen LogP contribution in [0.15, 0.2) is 45.5 Å². The minimum atomic E-state index is 0.448. The van der Waals surface area contributed by atoms with Crippen molar-refractivity contribution in [2.45, 2.75) is 33.0 Å². The summed E-state index contributed by atoms with van der Waals surface area (Å²) in [5.41, 5.74) is 1.14. The monoisotopic (exact) mass is 323 g/mol.